The Morgan fingerprint density at radius 3 is 2.76 bits per heavy atom. The van der Waals surface area contributed by atoms with Crippen molar-refractivity contribution < 1.29 is 14.3 Å². The smallest absolute Gasteiger partial charge is 0.269 e. The van der Waals surface area contributed by atoms with Gasteiger partial charge in [-0.3, -0.25) is 9.59 Å². The number of hydrazone groups is 1. The van der Waals surface area contributed by atoms with Crippen LogP contribution >= 0.6 is 0 Å². The second-order valence-electron chi connectivity index (χ2n) is 4.24. The molecule has 0 atom stereocenters. The lowest BCUT2D eigenvalue weighted by atomic mass is 10.1. The highest BCUT2D eigenvalue weighted by Gasteiger charge is 2.21. The molecule has 1 N–H and O–H groups in total. The Kier molecular flexibility index (Phi) is 5.09. The maximum Gasteiger partial charge on any atom is 0.269 e. The van der Waals surface area contributed by atoms with Crippen LogP contribution in [0.3, 0.4) is 0 Å². The Morgan fingerprint density at radius 1 is 1.53 bits per heavy atom. The molecule has 0 spiro atoms. The van der Waals surface area contributed by atoms with E-state index in [-0.39, 0.29) is 17.9 Å². The van der Waals surface area contributed by atoms with Gasteiger partial charge in [0.1, 0.15) is 5.71 Å². The van der Waals surface area contributed by atoms with E-state index in [2.05, 4.69) is 10.5 Å². The van der Waals surface area contributed by atoms with Crippen LogP contribution in [0.15, 0.2) is 5.10 Å². The zero-order valence-corrected chi connectivity index (χ0v) is 10.5. The van der Waals surface area contributed by atoms with Gasteiger partial charge in [-0.1, -0.05) is 0 Å². The van der Waals surface area contributed by atoms with Crippen molar-refractivity contribution >= 4 is 17.5 Å². The topological polar surface area (TPSA) is 71.0 Å². The van der Waals surface area contributed by atoms with E-state index in [0.717, 1.165) is 0 Å². The Hall–Kier alpha value is -1.43. The summed E-state index contributed by atoms with van der Waals surface area (Å²) in [6.45, 7) is 4.91. The van der Waals surface area contributed by atoms with Crippen LogP contribution in [0, 0.1) is 0 Å². The van der Waals surface area contributed by atoms with Crippen molar-refractivity contribution in [3.63, 3.8) is 0 Å². The van der Waals surface area contributed by atoms with E-state index in [0.29, 0.717) is 31.7 Å². The SMILES string of the molecule is CC(C)OCCN(C)C(=O)C1=NNC(=O)CC1. The van der Waals surface area contributed by atoms with Gasteiger partial charge in [-0.05, 0) is 13.8 Å². The molecule has 0 aromatic rings. The zero-order chi connectivity index (χ0) is 12.8. The summed E-state index contributed by atoms with van der Waals surface area (Å²) in [6.07, 6.45) is 0.880. The summed E-state index contributed by atoms with van der Waals surface area (Å²) in [5, 5.41) is 3.76. The lowest BCUT2D eigenvalue weighted by molar-refractivity contribution is -0.124. The monoisotopic (exact) mass is 241 g/mol. The number of carbonyl (C=O) groups excluding carboxylic acids is 2. The van der Waals surface area contributed by atoms with Crippen LogP contribution in [0.2, 0.25) is 0 Å². The van der Waals surface area contributed by atoms with Crippen molar-refractivity contribution in [2.45, 2.75) is 32.8 Å². The molecule has 6 heteroatoms. The lowest BCUT2D eigenvalue weighted by Crippen LogP contribution is -2.39. The van der Waals surface area contributed by atoms with E-state index in [4.69, 9.17) is 4.74 Å². The molecular weight excluding hydrogens is 222 g/mol. The Labute approximate surface area is 101 Å². The minimum atomic E-state index is -0.155. The number of carbonyl (C=O) groups is 2. The summed E-state index contributed by atoms with van der Waals surface area (Å²) < 4.78 is 5.36. The molecule has 0 aliphatic carbocycles. The quantitative estimate of drug-likeness (QED) is 0.744. The van der Waals surface area contributed by atoms with Gasteiger partial charge in [0.2, 0.25) is 5.91 Å². The van der Waals surface area contributed by atoms with E-state index >= 15 is 0 Å². The van der Waals surface area contributed by atoms with Crippen LogP contribution in [0.1, 0.15) is 26.7 Å². The number of nitrogens with one attached hydrogen (secondary N) is 1. The molecule has 6 nitrogen and oxygen atoms in total. The average Bonchev–Trinajstić information content (AvgIpc) is 2.28. The molecule has 2 amide bonds. The van der Waals surface area contributed by atoms with Gasteiger partial charge in [0.25, 0.3) is 5.91 Å². The van der Waals surface area contributed by atoms with Crippen molar-refractivity contribution in [1.29, 1.82) is 0 Å². The van der Waals surface area contributed by atoms with Gasteiger partial charge in [0, 0.05) is 26.4 Å². The average molecular weight is 241 g/mol. The molecule has 0 radical (unpaired) electrons. The number of amides is 2. The summed E-state index contributed by atoms with van der Waals surface area (Å²) in [5.41, 5.74) is 2.71. The number of likely N-dealkylation sites (N-methyl/N-ethyl adjacent to an activating group) is 1. The molecule has 0 unspecified atom stereocenters. The second kappa shape index (κ2) is 6.34. The minimum Gasteiger partial charge on any atom is -0.377 e. The highest BCUT2D eigenvalue weighted by molar-refractivity contribution is 6.39. The zero-order valence-electron chi connectivity index (χ0n) is 10.5. The Morgan fingerprint density at radius 2 is 2.24 bits per heavy atom. The van der Waals surface area contributed by atoms with Crippen LogP contribution < -0.4 is 5.43 Å². The fraction of sp³-hybridized carbons (Fsp3) is 0.727. The van der Waals surface area contributed by atoms with Crippen LogP contribution in [0.5, 0.6) is 0 Å². The van der Waals surface area contributed by atoms with Crippen LogP contribution in [0.4, 0.5) is 0 Å². The van der Waals surface area contributed by atoms with E-state index in [9.17, 15) is 9.59 Å². The van der Waals surface area contributed by atoms with Gasteiger partial charge in [-0.15, -0.1) is 0 Å². The van der Waals surface area contributed by atoms with Crippen LogP contribution in [-0.4, -0.2) is 48.7 Å². The lowest BCUT2D eigenvalue weighted by Gasteiger charge is -2.20. The number of hydrogen-bond donors (Lipinski definition) is 1. The molecule has 0 aromatic heterocycles. The molecule has 96 valence electrons. The first-order valence-electron chi connectivity index (χ1n) is 5.73. The molecule has 0 aromatic carbocycles. The van der Waals surface area contributed by atoms with Gasteiger partial charge in [0.15, 0.2) is 0 Å². The third-order valence-corrected chi connectivity index (χ3v) is 2.38. The Balaban J connectivity index is 2.38. The highest BCUT2D eigenvalue weighted by atomic mass is 16.5. The maximum atomic E-state index is 11.9. The van der Waals surface area contributed by atoms with Crippen LogP contribution in [0.25, 0.3) is 0 Å². The summed E-state index contributed by atoms with van der Waals surface area (Å²) in [7, 11) is 1.70. The number of ether oxygens (including phenoxy) is 1. The van der Waals surface area contributed by atoms with Gasteiger partial charge in [0.05, 0.1) is 12.7 Å². The molecule has 1 aliphatic rings. The van der Waals surface area contributed by atoms with E-state index in [1.54, 1.807) is 11.9 Å². The van der Waals surface area contributed by atoms with Crippen molar-refractivity contribution in [2.75, 3.05) is 20.2 Å². The fourth-order valence-corrected chi connectivity index (χ4v) is 1.38. The van der Waals surface area contributed by atoms with Crippen LogP contribution in [-0.2, 0) is 14.3 Å². The van der Waals surface area contributed by atoms with Gasteiger partial charge in [-0.25, -0.2) is 5.43 Å². The maximum absolute atomic E-state index is 11.9. The number of hydrogen-bond acceptors (Lipinski definition) is 4. The largest absolute Gasteiger partial charge is 0.377 e. The van der Waals surface area contributed by atoms with E-state index in [1.807, 2.05) is 13.8 Å². The summed E-state index contributed by atoms with van der Waals surface area (Å²) in [5.74, 6) is -0.301. The molecule has 1 rings (SSSR count). The summed E-state index contributed by atoms with van der Waals surface area (Å²) in [4.78, 5) is 24.3. The van der Waals surface area contributed by atoms with Gasteiger partial charge < -0.3 is 9.64 Å². The Bertz CT molecular complexity index is 326. The number of rotatable bonds is 5. The van der Waals surface area contributed by atoms with Crippen molar-refractivity contribution in [3.05, 3.63) is 0 Å². The van der Waals surface area contributed by atoms with E-state index < -0.39 is 0 Å². The molecule has 0 fully saturated rings. The molecule has 1 heterocycles. The molecule has 0 saturated heterocycles. The molecule has 0 saturated carbocycles. The first-order chi connectivity index (χ1) is 8.00. The summed E-state index contributed by atoms with van der Waals surface area (Å²) >= 11 is 0. The van der Waals surface area contributed by atoms with Crippen molar-refractivity contribution in [2.24, 2.45) is 5.10 Å². The third-order valence-electron chi connectivity index (χ3n) is 2.38. The van der Waals surface area contributed by atoms with Crippen molar-refractivity contribution in [1.82, 2.24) is 10.3 Å². The van der Waals surface area contributed by atoms with Crippen molar-refractivity contribution in [3.8, 4) is 0 Å². The standard InChI is InChI=1S/C11H19N3O3/c1-8(2)17-7-6-14(3)11(16)9-4-5-10(15)13-12-9/h8H,4-7H2,1-3H3,(H,13,15). The normalized spacial score (nSPS) is 15.5. The molecule has 17 heavy (non-hydrogen) atoms. The van der Waals surface area contributed by atoms with Gasteiger partial charge >= 0.3 is 0 Å². The predicted octanol–water partition coefficient (Wildman–Crippen LogP) is 0.136. The first-order valence-corrected chi connectivity index (χ1v) is 5.73. The van der Waals surface area contributed by atoms with E-state index in [1.165, 1.54) is 0 Å². The molecule has 1 aliphatic heterocycles. The summed E-state index contributed by atoms with van der Waals surface area (Å²) in [6, 6.07) is 0. The molecule has 0 bridgehead atoms. The second-order valence-corrected chi connectivity index (χ2v) is 4.24. The molecular formula is C11H19N3O3. The minimum absolute atomic E-state index is 0.146. The first kappa shape index (κ1) is 13.6. The third kappa shape index (κ3) is 4.52. The fourth-order valence-electron chi connectivity index (χ4n) is 1.38. The van der Waals surface area contributed by atoms with Gasteiger partial charge in [-0.2, -0.15) is 5.10 Å². The number of nitrogens with zero attached hydrogens (tertiary/aromatic N) is 2. The highest BCUT2D eigenvalue weighted by Crippen LogP contribution is 2.02. The predicted molar refractivity (Wildman–Crippen MR) is 63.5 cm³/mol.